The molecule has 26 heavy (non-hydrogen) atoms. The molecule has 5 unspecified atom stereocenters. The number of fused-ring (bicyclic) bond motifs is 2. The number of pyridine rings is 1. The molecule has 2 aliphatic carbocycles. The summed E-state index contributed by atoms with van der Waals surface area (Å²) in [5, 5.41) is 4.18. The van der Waals surface area contributed by atoms with Crippen LogP contribution in [0, 0.1) is 17.8 Å². The minimum Gasteiger partial charge on any atom is -0.379 e. The Kier molecular flexibility index (Phi) is 3.67. The molecule has 1 saturated heterocycles. The minimum atomic E-state index is 0.00510. The molecule has 2 aromatic rings. The molecule has 1 N–H and O–H groups in total. The first-order chi connectivity index (χ1) is 12.7. The van der Waals surface area contributed by atoms with Crippen LogP contribution in [0.1, 0.15) is 25.5 Å². The molecule has 2 saturated carbocycles. The predicted octanol–water partition coefficient (Wildman–Crippen LogP) is 3.68. The molecule has 2 amide bonds. The standard InChI is InChI=1S/C21H25N3O2/c1-3-14-10-18(15-6-4-5-7-17(15)22-14)23-21(25)24-11-13-8-12-9-16(13)19(24)20(12)26-2/h4-7,10,12-13,16,19-20H,3,8-9,11H2,1-2H3,(H,22,23,25). The Balaban J connectivity index is 1.45. The predicted molar refractivity (Wildman–Crippen MR) is 101 cm³/mol. The van der Waals surface area contributed by atoms with E-state index in [-0.39, 0.29) is 18.2 Å². The van der Waals surface area contributed by atoms with E-state index in [4.69, 9.17) is 4.74 Å². The van der Waals surface area contributed by atoms with E-state index in [9.17, 15) is 4.79 Å². The number of rotatable bonds is 3. The number of hydrogen-bond acceptors (Lipinski definition) is 3. The van der Waals surface area contributed by atoms with Gasteiger partial charge in [0.05, 0.1) is 23.3 Å². The topological polar surface area (TPSA) is 54.5 Å². The summed E-state index contributed by atoms with van der Waals surface area (Å²) < 4.78 is 5.78. The quantitative estimate of drug-likeness (QED) is 0.918. The third kappa shape index (κ3) is 2.26. The number of benzene rings is 1. The van der Waals surface area contributed by atoms with Crippen molar-refractivity contribution in [2.24, 2.45) is 17.8 Å². The molecule has 1 aromatic carbocycles. The molecule has 2 heterocycles. The molecule has 3 aliphatic rings. The van der Waals surface area contributed by atoms with Crippen LogP contribution < -0.4 is 5.32 Å². The zero-order valence-electron chi connectivity index (χ0n) is 15.3. The number of nitrogens with zero attached hydrogens (tertiary/aromatic N) is 2. The summed E-state index contributed by atoms with van der Waals surface area (Å²) in [6.07, 6.45) is 3.47. The van der Waals surface area contributed by atoms with Crippen LogP contribution in [-0.2, 0) is 11.2 Å². The van der Waals surface area contributed by atoms with E-state index < -0.39 is 0 Å². The molecule has 0 spiro atoms. The van der Waals surface area contributed by atoms with Gasteiger partial charge in [-0.2, -0.15) is 0 Å². The average Bonchev–Trinajstić information content (AvgIpc) is 3.28. The normalized spacial score (nSPS) is 31.8. The Morgan fingerprint density at radius 2 is 2.15 bits per heavy atom. The number of para-hydroxylation sites is 1. The molecule has 0 radical (unpaired) electrons. The third-order valence-corrected chi connectivity index (χ3v) is 6.72. The van der Waals surface area contributed by atoms with Gasteiger partial charge in [0.2, 0.25) is 0 Å². The largest absolute Gasteiger partial charge is 0.379 e. The second kappa shape index (κ2) is 5.95. The second-order valence-corrected chi connectivity index (χ2v) is 7.96. The van der Waals surface area contributed by atoms with Gasteiger partial charge in [-0.3, -0.25) is 4.98 Å². The van der Waals surface area contributed by atoms with Gasteiger partial charge in [-0.25, -0.2) is 4.79 Å². The van der Waals surface area contributed by atoms with Gasteiger partial charge >= 0.3 is 6.03 Å². The van der Waals surface area contributed by atoms with E-state index in [0.717, 1.165) is 35.2 Å². The third-order valence-electron chi connectivity index (χ3n) is 6.72. The van der Waals surface area contributed by atoms with Crippen LogP contribution in [0.5, 0.6) is 0 Å². The fourth-order valence-corrected chi connectivity index (χ4v) is 5.66. The van der Waals surface area contributed by atoms with Crippen LogP contribution in [0.15, 0.2) is 30.3 Å². The van der Waals surface area contributed by atoms with Crippen molar-refractivity contribution in [2.45, 2.75) is 38.3 Å². The molecule has 5 atom stereocenters. The number of ether oxygens (including phenoxy) is 1. The highest BCUT2D eigenvalue weighted by molar-refractivity contribution is 6.00. The Morgan fingerprint density at radius 1 is 1.31 bits per heavy atom. The van der Waals surface area contributed by atoms with Crippen molar-refractivity contribution in [2.75, 3.05) is 19.0 Å². The van der Waals surface area contributed by atoms with Crippen molar-refractivity contribution in [3.63, 3.8) is 0 Å². The van der Waals surface area contributed by atoms with E-state index in [1.54, 1.807) is 7.11 Å². The number of hydrogen-bond donors (Lipinski definition) is 1. The lowest BCUT2D eigenvalue weighted by Crippen LogP contribution is -2.46. The number of carbonyl (C=O) groups excluding carboxylic acids is 1. The smallest absolute Gasteiger partial charge is 0.322 e. The molecule has 2 bridgehead atoms. The van der Waals surface area contributed by atoms with Crippen LogP contribution in [0.25, 0.3) is 10.9 Å². The Labute approximate surface area is 153 Å². The maximum absolute atomic E-state index is 13.2. The number of amides is 2. The van der Waals surface area contributed by atoms with Gasteiger partial charge in [0.1, 0.15) is 0 Å². The average molecular weight is 351 g/mol. The summed E-state index contributed by atoms with van der Waals surface area (Å²) >= 11 is 0. The SMILES string of the molecule is CCc1cc(NC(=O)N2CC3CC4CC3C2C4OC)c2ccccc2n1. The van der Waals surface area contributed by atoms with Gasteiger partial charge in [0.25, 0.3) is 0 Å². The lowest BCUT2D eigenvalue weighted by Gasteiger charge is -2.31. The fraction of sp³-hybridized carbons (Fsp3) is 0.524. The molecule has 1 aromatic heterocycles. The van der Waals surface area contributed by atoms with Gasteiger partial charge in [0.15, 0.2) is 0 Å². The molecule has 5 rings (SSSR count). The number of carbonyl (C=O) groups is 1. The van der Waals surface area contributed by atoms with Gasteiger partial charge in [-0.15, -0.1) is 0 Å². The molecular formula is C21H25N3O2. The van der Waals surface area contributed by atoms with E-state index in [1.807, 2.05) is 35.2 Å². The summed E-state index contributed by atoms with van der Waals surface area (Å²) in [5.41, 5.74) is 2.79. The number of aryl methyl sites for hydroxylation is 1. The van der Waals surface area contributed by atoms with E-state index in [2.05, 4.69) is 17.2 Å². The lowest BCUT2D eigenvalue weighted by molar-refractivity contribution is 0.0202. The summed E-state index contributed by atoms with van der Waals surface area (Å²) in [7, 11) is 1.79. The van der Waals surface area contributed by atoms with Crippen molar-refractivity contribution in [3.8, 4) is 0 Å². The van der Waals surface area contributed by atoms with Crippen LogP contribution >= 0.6 is 0 Å². The van der Waals surface area contributed by atoms with Crippen LogP contribution in [0.3, 0.4) is 0 Å². The van der Waals surface area contributed by atoms with Crippen molar-refractivity contribution >= 4 is 22.6 Å². The highest BCUT2D eigenvalue weighted by Crippen LogP contribution is 2.55. The van der Waals surface area contributed by atoms with Gasteiger partial charge in [-0.1, -0.05) is 25.1 Å². The fourth-order valence-electron chi connectivity index (χ4n) is 5.66. The van der Waals surface area contributed by atoms with Crippen molar-refractivity contribution in [1.29, 1.82) is 0 Å². The maximum atomic E-state index is 13.2. The number of nitrogens with one attached hydrogen (secondary N) is 1. The summed E-state index contributed by atoms with van der Waals surface area (Å²) in [6, 6.07) is 10.3. The van der Waals surface area contributed by atoms with Crippen molar-refractivity contribution < 1.29 is 9.53 Å². The van der Waals surface area contributed by atoms with Gasteiger partial charge in [0, 0.05) is 24.7 Å². The van der Waals surface area contributed by atoms with Crippen LogP contribution in [0.4, 0.5) is 10.5 Å². The van der Waals surface area contributed by atoms with E-state index in [1.165, 1.54) is 12.8 Å². The second-order valence-electron chi connectivity index (χ2n) is 7.96. The van der Waals surface area contributed by atoms with E-state index >= 15 is 0 Å². The summed E-state index contributed by atoms with van der Waals surface area (Å²) in [4.78, 5) is 19.9. The first kappa shape index (κ1) is 16.1. The van der Waals surface area contributed by atoms with Crippen molar-refractivity contribution in [1.82, 2.24) is 9.88 Å². The molecule has 5 nitrogen and oxygen atoms in total. The van der Waals surface area contributed by atoms with Crippen molar-refractivity contribution in [3.05, 3.63) is 36.0 Å². The highest BCUT2D eigenvalue weighted by Gasteiger charge is 2.60. The molecule has 3 fully saturated rings. The van der Waals surface area contributed by atoms with Gasteiger partial charge < -0.3 is 15.0 Å². The van der Waals surface area contributed by atoms with Crippen LogP contribution in [0.2, 0.25) is 0 Å². The first-order valence-electron chi connectivity index (χ1n) is 9.68. The summed E-state index contributed by atoms with van der Waals surface area (Å²) in [6.45, 7) is 2.95. The maximum Gasteiger partial charge on any atom is 0.322 e. The number of anilines is 1. The summed E-state index contributed by atoms with van der Waals surface area (Å²) in [5.74, 6) is 1.91. The number of likely N-dealkylation sites (tertiary alicyclic amines) is 1. The highest BCUT2D eigenvalue weighted by atomic mass is 16.5. The van der Waals surface area contributed by atoms with Gasteiger partial charge in [-0.05, 0) is 49.1 Å². The number of methoxy groups -OCH3 is 1. The Morgan fingerprint density at radius 3 is 2.96 bits per heavy atom. The molecule has 1 aliphatic heterocycles. The zero-order valence-corrected chi connectivity index (χ0v) is 15.3. The number of urea groups is 1. The molecule has 136 valence electrons. The Hall–Kier alpha value is -2.14. The molecule has 5 heteroatoms. The lowest BCUT2D eigenvalue weighted by atomic mass is 9.88. The van der Waals surface area contributed by atoms with E-state index in [0.29, 0.717) is 17.8 Å². The minimum absolute atomic E-state index is 0.00510. The molecular weight excluding hydrogens is 326 g/mol. The van der Waals surface area contributed by atoms with Crippen LogP contribution in [-0.4, -0.2) is 41.7 Å². The first-order valence-corrected chi connectivity index (χ1v) is 9.68. The monoisotopic (exact) mass is 351 g/mol. The Bertz CT molecular complexity index is 865. The zero-order chi connectivity index (χ0) is 17.8. The number of aromatic nitrogens is 1.